The highest BCUT2D eigenvalue weighted by Crippen LogP contribution is 2.13. The van der Waals surface area contributed by atoms with Gasteiger partial charge >= 0.3 is 8.56 Å². The van der Waals surface area contributed by atoms with Crippen molar-refractivity contribution in [3.05, 3.63) is 12.3 Å². The van der Waals surface area contributed by atoms with Crippen molar-refractivity contribution in [2.45, 2.75) is 91.0 Å². The summed E-state index contributed by atoms with van der Waals surface area (Å²) in [5, 5.41) is 0. The average Bonchev–Trinajstić information content (AvgIpc) is 2.50. The summed E-state index contributed by atoms with van der Waals surface area (Å²) in [6, 6.07) is 0. The molecule has 0 aromatic heterocycles. The minimum Gasteiger partial charge on any atom is -0.391 e. The second-order valence-electron chi connectivity index (χ2n) is 6.10. The second kappa shape index (κ2) is 14.8. The monoisotopic (exact) mass is 314 g/mol. The van der Waals surface area contributed by atoms with Crippen molar-refractivity contribution >= 4 is 8.56 Å². The summed E-state index contributed by atoms with van der Waals surface area (Å²) >= 11 is 0. The van der Waals surface area contributed by atoms with E-state index in [4.69, 9.17) is 8.85 Å². The Kier molecular flexibility index (Phi) is 14.7. The van der Waals surface area contributed by atoms with Crippen LogP contribution in [-0.2, 0) is 8.85 Å². The molecule has 0 saturated carbocycles. The maximum atomic E-state index is 5.95. The summed E-state index contributed by atoms with van der Waals surface area (Å²) in [5.41, 5.74) is 1.90. The van der Waals surface area contributed by atoms with Crippen LogP contribution in [0.4, 0.5) is 0 Å². The van der Waals surface area contributed by atoms with E-state index in [-0.39, 0.29) is 0 Å². The van der Waals surface area contributed by atoms with Gasteiger partial charge in [-0.25, -0.2) is 0 Å². The van der Waals surface area contributed by atoms with Crippen molar-refractivity contribution in [1.29, 1.82) is 0 Å². The van der Waals surface area contributed by atoms with E-state index in [2.05, 4.69) is 27.0 Å². The van der Waals surface area contributed by atoms with Crippen LogP contribution in [0.15, 0.2) is 12.3 Å². The molecule has 0 spiro atoms. The van der Waals surface area contributed by atoms with Gasteiger partial charge in [0.15, 0.2) is 0 Å². The molecule has 0 aromatic rings. The largest absolute Gasteiger partial charge is 0.391 e. The Labute approximate surface area is 134 Å². The van der Waals surface area contributed by atoms with Gasteiger partial charge < -0.3 is 8.85 Å². The first-order valence-electron chi connectivity index (χ1n) is 9.10. The summed E-state index contributed by atoms with van der Waals surface area (Å²) in [4.78, 5) is 0. The topological polar surface area (TPSA) is 18.5 Å². The number of hydrogen-bond acceptors (Lipinski definition) is 2. The molecular formula is C18H38O2Si. The fraction of sp³-hybridized carbons (Fsp3) is 0.889. The molecule has 3 heteroatoms. The van der Waals surface area contributed by atoms with Crippen LogP contribution in [0, 0.1) is 0 Å². The first-order chi connectivity index (χ1) is 10.2. The van der Waals surface area contributed by atoms with Crippen molar-refractivity contribution in [3.63, 3.8) is 0 Å². The van der Waals surface area contributed by atoms with Crippen molar-refractivity contribution in [1.82, 2.24) is 0 Å². The van der Waals surface area contributed by atoms with Gasteiger partial charge in [-0.05, 0) is 25.1 Å². The Morgan fingerprint density at radius 2 is 1.19 bits per heavy atom. The highest BCUT2D eigenvalue weighted by atomic mass is 28.4. The lowest BCUT2D eigenvalue weighted by Gasteiger charge is -2.23. The molecule has 2 nitrogen and oxygen atoms in total. The molecule has 0 fully saturated rings. The average molecular weight is 315 g/mol. The molecular weight excluding hydrogens is 276 g/mol. The van der Waals surface area contributed by atoms with Crippen LogP contribution in [0.2, 0.25) is 6.55 Å². The number of rotatable bonds is 16. The van der Waals surface area contributed by atoms with E-state index < -0.39 is 8.56 Å². The van der Waals surface area contributed by atoms with Gasteiger partial charge in [-0.3, -0.25) is 0 Å². The summed E-state index contributed by atoms with van der Waals surface area (Å²) < 4.78 is 11.8. The van der Waals surface area contributed by atoms with E-state index in [0.29, 0.717) is 0 Å². The van der Waals surface area contributed by atoms with Crippen LogP contribution in [0.5, 0.6) is 0 Å². The lowest BCUT2D eigenvalue weighted by Crippen LogP contribution is -2.37. The predicted octanol–water partition coefficient (Wildman–Crippen LogP) is 6.15. The zero-order chi connectivity index (χ0) is 15.8. The second-order valence-corrected chi connectivity index (χ2v) is 9.12. The van der Waals surface area contributed by atoms with Crippen LogP contribution in [0.1, 0.15) is 84.5 Å². The third kappa shape index (κ3) is 13.3. The third-order valence-corrected chi connectivity index (χ3v) is 6.15. The fourth-order valence-corrected chi connectivity index (χ4v) is 3.81. The highest BCUT2D eigenvalue weighted by molar-refractivity contribution is 6.71. The normalized spacial score (nSPS) is 14.0. The van der Waals surface area contributed by atoms with Crippen molar-refractivity contribution < 1.29 is 8.85 Å². The van der Waals surface area contributed by atoms with Crippen LogP contribution >= 0.6 is 0 Å². The number of unbranched alkanes of at least 4 members (excludes halogenated alkanes) is 9. The van der Waals surface area contributed by atoms with Gasteiger partial charge in [0.05, 0.1) is 0 Å². The van der Waals surface area contributed by atoms with Crippen LogP contribution in [0.3, 0.4) is 0 Å². The van der Waals surface area contributed by atoms with E-state index >= 15 is 0 Å². The molecule has 21 heavy (non-hydrogen) atoms. The highest BCUT2D eigenvalue weighted by Gasteiger charge is 2.26. The molecule has 1 unspecified atom stereocenters. The van der Waals surface area contributed by atoms with Gasteiger partial charge in [0.2, 0.25) is 0 Å². The molecule has 0 saturated heterocycles. The summed E-state index contributed by atoms with van der Waals surface area (Å²) in [7, 11) is -2.07. The Hall–Kier alpha value is -0.123. The Balaban J connectivity index is 3.36. The lowest BCUT2D eigenvalue weighted by molar-refractivity contribution is 0.181. The Morgan fingerprint density at radius 3 is 1.67 bits per heavy atom. The van der Waals surface area contributed by atoms with Gasteiger partial charge in [0.1, 0.15) is 0 Å². The van der Waals surface area contributed by atoms with Crippen molar-refractivity contribution in [2.75, 3.05) is 13.2 Å². The Morgan fingerprint density at radius 1 is 0.714 bits per heavy atom. The first-order valence-corrected chi connectivity index (χ1v) is 11.5. The molecule has 0 amide bonds. The van der Waals surface area contributed by atoms with Gasteiger partial charge in [-0.2, -0.15) is 0 Å². The molecule has 126 valence electrons. The third-order valence-electron chi connectivity index (χ3n) is 3.85. The smallest absolute Gasteiger partial charge is 0.361 e. The molecule has 0 rings (SSSR count). The van der Waals surface area contributed by atoms with Gasteiger partial charge in [0.25, 0.3) is 0 Å². The maximum absolute atomic E-state index is 5.95. The molecule has 0 aliphatic rings. The van der Waals surface area contributed by atoms with Crippen LogP contribution < -0.4 is 0 Å². The molecule has 1 atom stereocenters. The minimum atomic E-state index is -2.07. The van der Waals surface area contributed by atoms with Gasteiger partial charge in [-0.1, -0.05) is 71.6 Å². The maximum Gasteiger partial charge on any atom is 0.361 e. The molecule has 0 aromatic carbocycles. The van der Waals surface area contributed by atoms with E-state index in [1.54, 1.807) is 0 Å². The van der Waals surface area contributed by atoms with Crippen molar-refractivity contribution in [2.24, 2.45) is 0 Å². The zero-order valence-corrected chi connectivity index (χ0v) is 15.8. The van der Waals surface area contributed by atoms with E-state index in [1.807, 2.05) is 5.70 Å². The fourth-order valence-electron chi connectivity index (χ4n) is 2.33. The molecule has 0 heterocycles. The standard InChI is InChI=1S/C18H38O2Si/c1-5-8-9-10-11-12-13-14-15-16-18-20-21(4,7-3)19-17-6-2/h7H,3,5-6,8-18H2,1-2,4H3. The Bertz CT molecular complexity index is 233. The summed E-state index contributed by atoms with van der Waals surface area (Å²) in [6.07, 6.45) is 14.6. The van der Waals surface area contributed by atoms with E-state index in [9.17, 15) is 0 Å². The van der Waals surface area contributed by atoms with E-state index in [1.165, 1.54) is 57.8 Å². The van der Waals surface area contributed by atoms with Crippen LogP contribution in [-0.4, -0.2) is 21.8 Å². The first kappa shape index (κ1) is 20.9. The molecule has 0 aliphatic carbocycles. The van der Waals surface area contributed by atoms with E-state index in [0.717, 1.165) is 26.1 Å². The van der Waals surface area contributed by atoms with Gasteiger partial charge in [0, 0.05) is 13.2 Å². The summed E-state index contributed by atoms with van der Waals surface area (Å²) in [5.74, 6) is 0. The quantitative estimate of drug-likeness (QED) is 0.251. The zero-order valence-electron chi connectivity index (χ0n) is 14.8. The van der Waals surface area contributed by atoms with Crippen LogP contribution in [0.25, 0.3) is 0 Å². The van der Waals surface area contributed by atoms with Crippen molar-refractivity contribution in [3.8, 4) is 0 Å². The minimum absolute atomic E-state index is 0.784. The molecule has 0 N–H and O–H groups in total. The molecule has 0 radical (unpaired) electrons. The lowest BCUT2D eigenvalue weighted by atomic mass is 10.1. The number of hydrogen-bond donors (Lipinski definition) is 0. The SMILES string of the molecule is C=C[Si](C)(OCCC)OCCCCCCCCCCCC. The predicted molar refractivity (Wildman–Crippen MR) is 95.9 cm³/mol. The van der Waals surface area contributed by atoms with Gasteiger partial charge in [-0.15, -0.1) is 6.58 Å². The summed E-state index contributed by atoms with van der Waals surface area (Å²) in [6.45, 7) is 12.0. The molecule has 0 bridgehead atoms. The molecule has 0 aliphatic heterocycles.